The van der Waals surface area contributed by atoms with E-state index >= 15 is 0 Å². The molecule has 2 aromatic carbocycles. The third kappa shape index (κ3) is 3.36. The highest BCUT2D eigenvalue weighted by Crippen LogP contribution is 2.31. The molecule has 0 saturated heterocycles. The molecule has 0 amide bonds. The minimum absolute atomic E-state index is 0.122. The molecular formula is C12H14N2O6S2. The number of fused-ring (bicyclic) bond motifs is 1. The van der Waals surface area contributed by atoms with Gasteiger partial charge in [-0.25, -0.2) is 0 Å². The van der Waals surface area contributed by atoms with E-state index in [1.807, 2.05) is 0 Å². The summed E-state index contributed by atoms with van der Waals surface area (Å²) in [6.07, 6.45) is 0. The van der Waals surface area contributed by atoms with Crippen LogP contribution in [0.25, 0.3) is 10.8 Å². The summed E-state index contributed by atoms with van der Waals surface area (Å²) < 4.78 is 63.6. The van der Waals surface area contributed by atoms with Gasteiger partial charge in [0.15, 0.2) is 0 Å². The Balaban J connectivity index is 2.81. The lowest BCUT2D eigenvalue weighted by molar-refractivity contribution is 0.482. The molecule has 0 unspecified atom stereocenters. The standard InChI is InChI=1S/C12H14N2O6S2/c13-5-6-14-11-3-4-12(22(18,19)20)9-2-1-8(7-10(9)11)21(15,16)17/h1-4,7,14H,5-6,13H2,(H,15,16,17)(H,18,19,20). The molecule has 8 nitrogen and oxygen atoms in total. The number of nitrogens with one attached hydrogen (secondary N) is 1. The first-order valence-corrected chi connectivity index (χ1v) is 8.98. The molecular weight excluding hydrogens is 332 g/mol. The lowest BCUT2D eigenvalue weighted by Gasteiger charge is -2.12. The molecule has 0 fully saturated rings. The Kier molecular flexibility index (Phi) is 4.40. The van der Waals surface area contributed by atoms with Crippen LogP contribution in [0.1, 0.15) is 0 Å². The summed E-state index contributed by atoms with van der Waals surface area (Å²) in [7, 11) is -8.92. The lowest BCUT2D eigenvalue weighted by Crippen LogP contribution is -2.13. The normalized spacial score (nSPS) is 12.5. The average molecular weight is 346 g/mol. The summed E-state index contributed by atoms with van der Waals surface area (Å²) in [4.78, 5) is -0.744. The molecule has 0 heterocycles. The molecule has 120 valence electrons. The summed E-state index contributed by atoms with van der Waals surface area (Å²) in [6, 6.07) is 5.96. The third-order valence-corrected chi connectivity index (χ3v) is 4.75. The van der Waals surface area contributed by atoms with E-state index in [4.69, 9.17) is 10.3 Å². The van der Waals surface area contributed by atoms with Crippen molar-refractivity contribution in [1.82, 2.24) is 0 Å². The van der Waals surface area contributed by atoms with Crippen molar-refractivity contribution in [3.05, 3.63) is 30.3 Å². The fourth-order valence-electron chi connectivity index (χ4n) is 2.05. The topological polar surface area (TPSA) is 147 Å². The Bertz CT molecular complexity index is 922. The Morgan fingerprint density at radius 1 is 0.955 bits per heavy atom. The van der Waals surface area contributed by atoms with Crippen LogP contribution in [0.4, 0.5) is 5.69 Å². The first-order valence-electron chi connectivity index (χ1n) is 6.10. The fourth-order valence-corrected chi connectivity index (χ4v) is 3.25. The first kappa shape index (κ1) is 16.6. The van der Waals surface area contributed by atoms with Gasteiger partial charge in [0, 0.05) is 29.5 Å². The van der Waals surface area contributed by atoms with E-state index in [0.29, 0.717) is 18.8 Å². The molecule has 2 aromatic rings. The van der Waals surface area contributed by atoms with E-state index in [0.717, 1.165) is 12.1 Å². The number of hydrogen-bond acceptors (Lipinski definition) is 6. The highest BCUT2D eigenvalue weighted by Gasteiger charge is 2.18. The van der Waals surface area contributed by atoms with Crippen LogP contribution < -0.4 is 11.1 Å². The molecule has 0 aliphatic rings. The number of nitrogens with two attached hydrogens (primary N) is 1. The Morgan fingerprint density at radius 2 is 1.64 bits per heavy atom. The van der Waals surface area contributed by atoms with E-state index in [1.54, 1.807) is 0 Å². The molecule has 5 N–H and O–H groups in total. The van der Waals surface area contributed by atoms with Gasteiger partial charge in [-0.1, -0.05) is 6.07 Å². The van der Waals surface area contributed by atoms with Gasteiger partial charge in [-0.2, -0.15) is 16.8 Å². The second kappa shape index (κ2) is 5.82. The van der Waals surface area contributed by atoms with Crippen LogP contribution in [0.5, 0.6) is 0 Å². The van der Waals surface area contributed by atoms with Crippen molar-refractivity contribution in [2.24, 2.45) is 5.73 Å². The number of anilines is 1. The van der Waals surface area contributed by atoms with Gasteiger partial charge in [0.25, 0.3) is 20.2 Å². The molecule has 0 aromatic heterocycles. The monoisotopic (exact) mass is 346 g/mol. The van der Waals surface area contributed by atoms with Gasteiger partial charge in [-0.05, 0) is 24.3 Å². The number of benzene rings is 2. The second-order valence-corrected chi connectivity index (χ2v) is 7.30. The highest BCUT2D eigenvalue weighted by molar-refractivity contribution is 7.86. The third-order valence-electron chi connectivity index (χ3n) is 2.98. The second-order valence-electron chi connectivity index (χ2n) is 4.48. The van der Waals surface area contributed by atoms with Gasteiger partial charge < -0.3 is 11.1 Å². The van der Waals surface area contributed by atoms with Gasteiger partial charge in [0.05, 0.1) is 4.90 Å². The molecule has 0 atom stereocenters. The summed E-state index contributed by atoms with van der Waals surface area (Å²) in [5.41, 5.74) is 5.81. The van der Waals surface area contributed by atoms with Crippen LogP contribution in [0.15, 0.2) is 40.1 Å². The van der Waals surface area contributed by atoms with E-state index < -0.39 is 20.2 Å². The summed E-state index contributed by atoms with van der Waals surface area (Å²) in [5, 5.41) is 3.26. The minimum Gasteiger partial charge on any atom is -0.383 e. The molecule has 0 saturated carbocycles. The lowest BCUT2D eigenvalue weighted by atomic mass is 10.1. The van der Waals surface area contributed by atoms with E-state index in [9.17, 15) is 21.4 Å². The van der Waals surface area contributed by atoms with Gasteiger partial charge in [0.1, 0.15) is 4.90 Å². The minimum atomic E-state index is -4.48. The zero-order chi connectivity index (χ0) is 16.5. The molecule has 0 spiro atoms. The molecule has 2 rings (SSSR count). The van der Waals surface area contributed by atoms with Crippen molar-refractivity contribution in [3.63, 3.8) is 0 Å². The highest BCUT2D eigenvalue weighted by atomic mass is 32.2. The predicted molar refractivity (Wildman–Crippen MR) is 81.1 cm³/mol. The molecule has 22 heavy (non-hydrogen) atoms. The fraction of sp³-hybridized carbons (Fsp3) is 0.167. The average Bonchev–Trinajstić information content (AvgIpc) is 2.41. The van der Waals surface area contributed by atoms with Gasteiger partial charge in [-0.15, -0.1) is 0 Å². The van der Waals surface area contributed by atoms with Crippen LogP contribution in [0, 0.1) is 0 Å². The zero-order valence-corrected chi connectivity index (χ0v) is 12.9. The van der Waals surface area contributed by atoms with Crippen molar-refractivity contribution >= 4 is 36.7 Å². The Morgan fingerprint density at radius 3 is 2.18 bits per heavy atom. The van der Waals surface area contributed by atoms with Gasteiger partial charge in [-0.3, -0.25) is 9.11 Å². The van der Waals surface area contributed by atoms with Crippen LogP contribution in [-0.4, -0.2) is 39.0 Å². The van der Waals surface area contributed by atoms with Crippen molar-refractivity contribution in [3.8, 4) is 0 Å². The van der Waals surface area contributed by atoms with Gasteiger partial charge in [0.2, 0.25) is 0 Å². The number of hydrogen-bond donors (Lipinski definition) is 4. The molecule has 0 aliphatic heterocycles. The van der Waals surface area contributed by atoms with Crippen molar-refractivity contribution in [2.75, 3.05) is 18.4 Å². The number of rotatable bonds is 5. The zero-order valence-electron chi connectivity index (χ0n) is 11.2. The molecule has 0 aliphatic carbocycles. The van der Waals surface area contributed by atoms with E-state index in [1.165, 1.54) is 18.2 Å². The maximum atomic E-state index is 11.4. The molecule has 0 bridgehead atoms. The first-order chi connectivity index (χ1) is 10.1. The summed E-state index contributed by atoms with van der Waals surface area (Å²) >= 11 is 0. The quantitative estimate of drug-likeness (QED) is 0.579. The van der Waals surface area contributed by atoms with E-state index in [-0.39, 0.29) is 20.6 Å². The van der Waals surface area contributed by atoms with Crippen LogP contribution >= 0.6 is 0 Å². The largest absolute Gasteiger partial charge is 0.383 e. The molecule has 10 heteroatoms. The van der Waals surface area contributed by atoms with Crippen molar-refractivity contribution in [2.45, 2.75) is 9.79 Å². The summed E-state index contributed by atoms with van der Waals surface area (Å²) in [5.74, 6) is 0. The van der Waals surface area contributed by atoms with E-state index in [2.05, 4.69) is 5.32 Å². The smallest absolute Gasteiger partial charge is 0.295 e. The van der Waals surface area contributed by atoms with Crippen LogP contribution in [0.3, 0.4) is 0 Å². The Labute approximate surface area is 127 Å². The SMILES string of the molecule is NCCNc1ccc(S(=O)(=O)O)c2ccc(S(=O)(=O)O)cc12. The van der Waals surface area contributed by atoms with Crippen LogP contribution in [-0.2, 0) is 20.2 Å². The van der Waals surface area contributed by atoms with Crippen LogP contribution in [0.2, 0.25) is 0 Å². The Hall–Kier alpha value is -1.72. The maximum Gasteiger partial charge on any atom is 0.295 e. The summed E-state index contributed by atoms with van der Waals surface area (Å²) in [6.45, 7) is 0.677. The van der Waals surface area contributed by atoms with Crippen molar-refractivity contribution < 1.29 is 25.9 Å². The predicted octanol–water partition coefficient (Wildman–Crippen LogP) is 0.704. The van der Waals surface area contributed by atoms with Gasteiger partial charge >= 0.3 is 0 Å². The van der Waals surface area contributed by atoms with Crippen molar-refractivity contribution in [1.29, 1.82) is 0 Å². The molecule has 0 radical (unpaired) electrons. The maximum absolute atomic E-state index is 11.4.